The van der Waals surface area contributed by atoms with Crippen LogP contribution in [0.4, 0.5) is 0 Å². The summed E-state index contributed by atoms with van der Waals surface area (Å²) in [7, 11) is 1.42. The second kappa shape index (κ2) is 5.09. The van der Waals surface area contributed by atoms with Gasteiger partial charge in [-0.15, -0.1) is 12.4 Å². The lowest BCUT2D eigenvalue weighted by molar-refractivity contribution is -0.258. The summed E-state index contributed by atoms with van der Waals surface area (Å²) in [4.78, 5) is 0. The molecule has 0 spiro atoms. The molecule has 0 unspecified atom stereocenters. The van der Waals surface area contributed by atoms with Gasteiger partial charge in [-0.3, -0.25) is 0 Å². The van der Waals surface area contributed by atoms with E-state index in [1.54, 1.807) is 6.92 Å². The molecule has 1 aliphatic heterocycles. The normalized spacial score (nSPS) is 45.5. The van der Waals surface area contributed by atoms with Crippen LogP contribution in [0.2, 0.25) is 0 Å². The van der Waals surface area contributed by atoms with Gasteiger partial charge in [-0.2, -0.15) is 0 Å². The van der Waals surface area contributed by atoms with E-state index in [4.69, 9.17) is 15.2 Å². The lowest BCUT2D eigenvalue weighted by Crippen LogP contribution is -2.60. The third-order valence-corrected chi connectivity index (χ3v) is 2.13. The molecule has 0 radical (unpaired) electrons. The number of methoxy groups -OCH3 is 1. The van der Waals surface area contributed by atoms with Gasteiger partial charge in [-0.25, -0.2) is 0 Å². The molecule has 0 amide bonds. The van der Waals surface area contributed by atoms with Crippen LogP contribution in [0.3, 0.4) is 0 Å². The summed E-state index contributed by atoms with van der Waals surface area (Å²) in [5.74, 6) is 0. The van der Waals surface area contributed by atoms with Gasteiger partial charge in [0.15, 0.2) is 6.29 Å². The van der Waals surface area contributed by atoms with Crippen molar-refractivity contribution in [1.82, 2.24) is 0 Å². The van der Waals surface area contributed by atoms with Crippen LogP contribution in [0.25, 0.3) is 0 Å². The summed E-state index contributed by atoms with van der Waals surface area (Å²) in [6.07, 6.45) is -2.96. The number of rotatable bonds is 1. The fourth-order valence-electron chi connectivity index (χ4n) is 1.26. The highest BCUT2D eigenvalue weighted by molar-refractivity contribution is 5.85. The van der Waals surface area contributed by atoms with Crippen molar-refractivity contribution < 1.29 is 19.7 Å². The topological polar surface area (TPSA) is 84.9 Å². The molecule has 1 fully saturated rings. The summed E-state index contributed by atoms with van der Waals surface area (Å²) in [6.45, 7) is 1.68. The van der Waals surface area contributed by atoms with Gasteiger partial charge in [0.1, 0.15) is 6.10 Å². The Morgan fingerprint density at radius 1 is 1.31 bits per heavy atom. The minimum absolute atomic E-state index is 0. The first-order chi connectivity index (χ1) is 5.57. The number of hydrogen-bond donors (Lipinski definition) is 3. The summed E-state index contributed by atoms with van der Waals surface area (Å²) in [5.41, 5.74) is 5.52. The van der Waals surface area contributed by atoms with Crippen molar-refractivity contribution >= 4 is 12.4 Å². The number of halogens is 1. The van der Waals surface area contributed by atoms with Crippen LogP contribution in [0.15, 0.2) is 0 Å². The molecule has 0 saturated carbocycles. The fraction of sp³-hybridized carbons (Fsp3) is 1.00. The zero-order chi connectivity index (χ0) is 9.30. The zero-order valence-corrected chi connectivity index (χ0v) is 8.40. The second-order valence-corrected chi connectivity index (χ2v) is 3.00. The maximum atomic E-state index is 9.39. The van der Waals surface area contributed by atoms with Crippen molar-refractivity contribution in [3.05, 3.63) is 0 Å². The Hall–Kier alpha value is 0.0900. The number of ether oxygens (including phenoxy) is 2. The first-order valence-corrected chi connectivity index (χ1v) is 3.88. The number of aliphatic hydroxyl groups is 2. The quantitative estimate of drug-likeness (QED) is 0.512. The van der Waals surface area contributed by atoms with Gasteiger partial charge in [-0.05, 0) is 6.92 Å². The number of nitrogens with two attached hydrogens (primary N) is 1. The van der Waals surface area contributed by atoms with E-state index in [2.05, 4.69) is 0 Å². The Bertz CT molecular complexity index is 155. The Balaban J connectivity index is 0.00000144. The summed E-state index contributed by atoms with van der Waals surface area (Å²) in [6, 6.07) is -0.710. The zero-order valence-electron chi connectivity index (χ0n) is 7.58. The third-order valence-electron chi connectivity index (χ3n) is 2.13. The molecule has 6 heteroatoms. The van der Waals surface area contributed by atoms with Crippen molar-refractivity contribution in [2.45, 2.75) is 37.6 Å². The average Bonchev–Trinajstić information content (AvgIpc) is 2.08. The van der Waals surface area contributed by atoms with Crippen LogP contribution in [-0.4, -0.2) is 48.0 Å². The van der Waals surface area contributed by atoms with Crippen molar-refractivity contribution in [2.24, 2.45) is 5.73 Å². The van der Waals surface area contributed by atoms with Gasteiger partial charge in [0.25, 0.3) is 0 Å². The van der Waals surface area contributed by atoms with E-state index in [9.17, 15) is 10.2 Å². The van der Waals surface area contributed by atoms with Gasteiger partial charge in [0.05, 0.1) is 18.2 Å². The van der Waals surface area contributed by atoms with Gasteiger partial charge in [-0.1, -0.05) is 0 Å². The summed E-state index contributed by atoms with van der Waals surface area (Å²) in [5, 5.41) is 18.8. The smallest absolute Gasteiger partial charge is 0.185 e. The van der Waals surface area contributed by atoms with Crippen LogP contribution in [0, 0.1) is 0 Å². The molecular weight excluding hydrogens is 198 g/mol. The Kier molecular flexibility index (Phi) is 5.13. The standard InChI is InChI=1S/C7H15NO4.ClH/c1-3-5(9)4(8)6(10)7(11-2)12-3;/h3-7,9-10H,8H2,1-2H3;1H/t3-,4+,5-,6+,7+;/m1./s1. The molecule has 0 aliphatic carbocycles. The highest BCUT2D eigenvalue weighted by atomic mass is 35.5. The Morgan fingerprint density at radius 2 is 1.85 bits per heavy atom. The van der Waals surface area contributed by atoms with Crippen LogP contribution < -0.4 is 5.73 Å². The van der Waals surface area contributed by atoms with Crippen molar-refractivity contribution in [3.63, 3.8) is 0 Å². The highest BCUT2D eigenvalue weighted by Gasteiger charge is 2.40. The molecule has 1 rings (SSSR count). The molecular formula is C7H16ClNO4. The first kappa shape index (κ1) is 13.1. The van der Waals surface area contributed by atoms with E-state index in [0.717, 1.165) is 0 Å². The Labute approximate surface area is 83.2 Å². The van der Waals surface area contributed by atoms with E-state index in [0.29, 0.717) is 0 Å². The van der Waals surface area contributed by atoms with Crippen molar-refractivity contribution in [3.8, 4) is 0 Å². The predicted octanol–water partition coefficient (Wildman–Crippen LogP) is -1.15. The van der Waals surface area contributed by atoms with Crippen LogP contribution in [0.1, 0.15) is 6.92 Å². The van der Waals surface area contributed by atoms with Crippen LogP contribution >= 0.6 is 12.4 Å². The van der Waals surface area contributed by atoms with Crippen molar-refractivity contribution in [1.29, 1.82) is 0 Å². The summed E-state index contributed by atoms with van der Waals surface area (Å²) < 4.78 is 9.96. The lowest BCUT2D eigenvalue weighted by atomic mass is 9.98. The molecule has 1 heterocycles. The van der Waals surface area contributed by atoms with Gasteiger partial charge in [0, 0.05) is 7.11 Å². The molecule has 5 nitrogen and oxygen atoms in total. The maximum absolute atomic E-state index is 9.39. The van der Waals surface area contributed by atoms with E-state index in [-0.39, 0.29) is 12.4 Å². The SMILES string of the molecule is CO[C@H]1O[C@H](C)[C@@H](O)[C@H](N)[C@@H]1O.Cl. The first-order valence-electron chi connectivity index (χ1n) is 3.88. The van der Waals surface area contributed by atoms with Crippen LogP contribution in [-0.2, 0) is 9.47 Å². The predicted molar refractivity (Wildman–Crippen MR) is 48.6 cm³/mol. The van der Waals surface area contributed by atoms with E-state index >= 15 is 0 Å². The fourth-order valence-corrected chi connectivity index (χ4v) is 1.26. The molecule has 4 N–H and O–H groups in total. The lowest BCUT2D eigenvalue weighted by Gasteiger charge is -2.39. The maximum Gasteiger partial charge on any atom is 0.185 e. The van der Waals surface area contributed by atoms with Gasteiger partial charge >= 0.3 is 0 Å². The molecule has 0 bridgehead atoms. The van der Waals surface area contributed by atoms with Gasteiger partial charge < -0.3 is 25.4 Å². The molecule has 1 saturated heterocycles. The number of hydrogen-bond acceptors (Lipinski definition) is 5. The molecule has 0 aromatic heterocycles. The minimum atomic E-state index is -0.971. The monoisotopic (exact) mass is 213 g/mol. The summed E-state index contributed by atoms with van der Waals surface area (Å²) >= 11 is 0. The molecule has 0 aromatic carbocycles. The van der Waals surface area contributed by atoms with Crippen LogP contribution in [0.5, 0.6) is 0 Å². The van der Waals surface area contributed by atoms with Gasteiger partial charge in [0.2, 0.25) is 0 Å². The third kappa shape index (κ3) is 2.52. The van der Waals surface area contributed by atoms with E-state index < -0.39 is 30.6 Å². The molecule has 5 atom stereocenters. The average molecular weight is 214 g/mol. The molecule has 80 valence electrons. The highest BCUT2D eigenvalue weighted by Crippen LogP contribution is 2.19. The molecule has 13 heavy (non-hydrogen) atoms. The van der Waals surface area contributed by atoms with E-state index in [1.807, 2.05) is 0 Å². The molecule has 1 aliphatic rings. The Morgan fingerprint density at radius 3 is 2.31 bits per heavy atom. The van der Waals surface area contributed by atoms with E-state index in [1.165, 1.54) is 7.11 Å². The molecule has 0 aromatic rings. The minimum Gasteiger partial charge on any atom is -0.389 e. The number of aliphatic hydroxyl groups excluding tert-OH is 2. The van der Waals surface area contributed by atoms with Crippen molar-refractivity contribution in [2.75, 3.05) is 7.11 Å². The largest absolute Gasteiger partial charge is 0.389 e. The second-order valence-electron chi connectivity index (χ2n) is 3.00.